The first-order valence-electron chi connectivity index (χ1n) is 9.28. The number of hydrogen-bond acceptors (Lipinski definition) is 5. The number of benzene rings is 2. The highest BCUT2D eigenvalue weighted by molar-refractivity contribution is 5.87. The van der Waals surface area contributed by atoms with Crippen LogP contribution in [-0.2, 0) is 7.05 Å². The zero-order valence-corrected chi connectivity index (χ0v) is 16.8. The van der Waals surface area contributed by atoms with Gasteiger partial charge in [0.2, 0.25) is 0 Å². The van der Waals surface area contributed by atoms with E-state index < -0.39 is 0 Å². The lowest BCUT2D eigenvalue weighted by molar-refractivity contribution is 0.411. The summed E-state index contributed by atoms with van der Waals surface area (Å²) in [4.78, 5) is 12.6. The lowest BCUT2D eigenvalue weighted by Crippen LogP contribution is -2.21. The van der Waals surface area contributed by atoms with Crippen molar-refractivity contribution in [2.75, 3.05) is 19.5 Å². The molecule has 0 fully saturated rings. The molecule has 4 rings (SSSR count). The van der Waals surface area contributed by atoms with Gasteiger partial charge in [-0.25, -0.2) is 4.39 Å². The number of methoxy groups -OCH3 is 1. The van der Waals surface area contributed by atoms with E-state index >= 15 is 0 Å². The highest BCUT2D eigenvalue weighted by atomic mass is 19.1. The fourth-order valence-corrected chi connectivity index (χ4v) is 3.39. The third-order valence-corrected chi connectivity index (χ3v) is 4.77. The van der Waals surface area contributed by atoms with E-state index in [-0.39, 0.29) is 11.4 Å². The van der Waals surface area contributed by atoms with Crippen molar-refractivity contribution in [1.29, 1.82) is 0 Å². The molecule has 2 aromatic carbocycles. The lowest BCUT2D eigenvalue weighted by atomic mass is 10.0. The molecule has 0 aliphatic rings. The molecule has 0 aliphatic heterocycles. The third-order valence-electron chi connectivity index (χ3n) is 4.77. The Balaban J connectivity index is 1.95. The summed E-state index contributed by atoms with van der Waals surface area (Å²) in [5, 5.41) is 12.3. The van der Waals surface area contributed by atoms with Crippen molar-refractivity contribution in [2.45, 2.75) is 0 Å². The number of aryl methyl sites for hydroxylation is 1. The van der Waals surface area contributed by atoms with Crippen LogP contribution in [0.25, 0.3) is 28.2 Å². The van der Waals surface area contributed by atoms with E-state index in [4.69, 9.17) is 4.74 Å². The Kier molecular flexibility index (Phi) is 5.05. The van der Waals surface area contributed by atoms with Gasteiger partial charge in [0, 0.05) is 25.7 Å². The molecule has 8 heteroatoms. The van der Waals surface area contributed by atoms with Crippen LogP contribution in [0.1, 0.15) is 0 Å². The van der Waals surface area contributed by atoms with Gasteiger partial charge in [-0.2, -0.15) is 14.9 Å². The van der Waals surface area contributed by atoms with Crippen molar-refractivity contribution in [1.82, 2.24) is 19.6 Å². The Morgan fingerprint density at radius 1 is 1.00 bits per heavy atom. The summed E-state index contributed by atoms with van der Waals surface area (Å²) in [6, 6.07) is 16.4. The van der Waals surface area contributed by atoms with Crippen molar-refractivity contribution in [2.24, 2.45) is 7.05 Å². The summed E-state index contributed by atoms with van der Waals surface area (Å²) >= 11 is 0. The van der Waals surface area contributed by atoms with Gasteiger partial charge in [0.1, 0.15) is 28.8 Å². The monoisotopic (exact) mass is 405 g/mol. The van der Waals surface area contributed by atoms with Crippen LogP contribution in [-0.4, -0.2) is 33.7 Å². The number of rotatable bonds is 5. The maximum absolute atomic E-state index is 13.4. The summed E-state index contributed by atoms with van der Waals surface area (Å²) in [5.74, 6) is 0.919. The number of nitrogens with one attached hydrogen (secondary N) is 1. The van der Waals surface area contributed by atoms with Gasteiger partial charge in [-0.05, 0) is 42.5 Å². The first-order chi connectivity index (χ1) is 14.5. The van der Waals surface area contributed by atoms with Crippen LogP contribution in [0.2, 0.25) is 0 Å². The van der Waals surface area contributed by atoms with Gasteiger partial charge >= 0.3 is 0 Å². The van der Waals surface area contributed by atoms with Crippen LogP contribution >= 0.6 is 0 Å². The predicted octanol–water partition coefficient (Wildman–Crippen LogP) is 3.49. The molecular formula is C22H20FN5O2. The summed E-state index contributed by atoms with van der Waals surface area (Å²) in [6.45, 7) is 0. The molecule has 1 N–H and O–H groups in total. The molecule has 0 spiro atoms. The molecule has 0 bridgehead atoms. The second kappa shape index (κ2) is 7.82. The second-order valence-corrected chi connectivity index (χ2v) is 6.59. The summed E-state index contributed by atoms with van der Waals surface area (Å²) in [5.41, 5.74) is 2.85. The zero-order chi connectivity index (χ0) is 21.3. The normalized spacial score (nSPS) is 10.8. The number of ether oxygens (including phenoxy) is 1. The van der Waals surface area contributed by atoms with E-state index in [1.807, 2.05) is 12.1 Å². The summed E-state index contributed by atoms with van der Waals surface area (Å²) in [7, 11) is 5.13. The Morgan fingerprint density at radius 2 is 1.73 bits per heavy atom. The fourth-order valence-electron chi connectivity index (χ4n) is 3.39. The first-order valence-corrected chi connectivity index (χ1v) is 9.28. The molecule has 152 valence electrons. The van der Waals surface area contributed by atoms with E-state index in [1.165, 1.54) is 22.9 Å². The minimum absolute atomic E-state index is 0.290. The molecule has 0 unspecified atom stereocenters. The topological polar surface area (TPSA) is 74.0 Å². The number of halogens is 1. The molecule has 0 amide bonds. The van der Waals surface area contributed by atoms with Gasteiger partial charge in [-0.1, -0.05) is 12.1 Å². The minimum atomic E-state index is -0.326. The molecule has 4 aromatic rings. The van der Waals surface area contributed by atoms with E-state index in [1.54, 1.807) is 56.2 Å². The Morgan fingerprint density at radius 3 is 2.43 bits per heavy atom. The molecule has 2 heterocycles. The molecular weight excluding hydrogens is 385 g/mol. The van der Waals surface area contributed by atoms with E-state index in [0.29, 0.717) is 34.2 Å². The van der Waals surface area contributed by atoms with E-state index in [2.05, 4.69) is 15.5 Å². The SMILES string of the molecule is CNc1c(-c2ccc(=O)n(-c3ccccc3OC)n2)c(-c2ccc(F)cc2)nn1C. The quantitative estimate of drug-likeness (QED) is 0.550. The molecule has 0 atom stereocenters. The maximum Gasteiger partial charge on any atom is 0.271 e. The van der Waals surface area contributed by atoms with Crippen molar-refractivity contribution in [3.8, 4) is 34.0 Å². The second-order valence-electron chi connectivity index (χ2n) is 6.59. The van der Waals surface area contributed by atoms with Gasteiger partial charge in [-0.15, -0.1) is 0 Å². The highest BCUT2D eigenvalue weighted by Gasteiger charge is 2.21. The maximum atomic E-state index is 13.4. The van der Waals surface area contributed by atoms with Crippen LogP contribution in [0.5, 0.6) is 5.75 Å². The Labute approximate surface area is 172 Å². The predicted molar refractivity (Wildman–Crippen MR) is 114 cm³/mol. The van der Waals surface area contributed by atoms with Crippen LogP contribution in [0.3, 0.4) is 0 Å². The number of nitrogens with zero attached hydrogens (tertiary/aromatic N) is 4. The van der Waals surface area contributed by atoms with Crippen LogP contribution in [0, 0.1) is 5.82 Å². The van der Waals surface area contributed by atoms with Gasteiger partial charge < -0.3 is 10.1 Å². The molecule has 7 nitrogen and oxygen atoms in total. The molecule has 0 radical (unpaired) electrons. The van der Waals surface area contributed by atoms with E-state index in [9.17, 15) is 9.18 Å². The molecule has 2 aromatic heterocycles. The van der Waals surface area contributed by atoms with Gasteiger partial charge in [0.05, 0.1) is 18.4 Å². The highest BCUT2D eigenvalue weighted by Crippen LogP contribution is 2.36. The molecule has 0 saturated carbocycles. The summed E-state index contributed by atoms with van der Waals surface area (Å²) < 4.78 is 21.8. The molecule has 30 heavy (non-hydrogen) atoms. The van der Waals surface area contributed by atoms with Crippen molar-refractivity contribution in [3.05, 3.63) is 76.8 Å². The van der Waals surface area contributed by atoms with Crippen LogP contribution < -0.4 is 15.6 Å². The van der Waals surface area contributed by atoms with Crippen molar-refractivity contribution >= 4 is 5.82 Å². The third kappa shape index (κ3) is 3.32. The Bertz CT molecular complexity index is 1260. The smallest absolute Gasteiger partial charge is 0.271 e. The van der Waals surface area contributed by atoms with Crippen LogP contribution in [0.15, 0.2) is 65.5 Å². The molecule has 0 aliphatic carbocycles. The number of anilines is 1. The number of hydrogen-bond donors (Lipinski definition) is 1. The van der Waals surface area contributed by atoms with Gasteiger partial charge in [-0.3, -0.25) is 9.48 Å². The van der Waals surface area contributed by atoms with Crippen molar-refractivity contribution < 1.29 is 9.13 Å². The average molecular weight is 405 g/mol. The number of para-hydroxylation sites is 2. The van der Waals surface area contributed by atoms with Crippen LogP contribution in [0.4, 0.5) is 10.2 Å². The van der Waals surface area contributed by atoms with Gasteiger partial charge in [0.15, 0.2) is 0 Å². The van der Waals surface area contributed by atoms with E-state index in [0.717, 1.165) is 5.56 Å². The zero-order valence-electron chi connectivity index (χ0n) is 16.8. The number of aromatic nitrogens is 4. The molecule has 0 saturated heterocycles. The first kappa shape index (κ1) is 19.4. The van der Waals surface area contributed by atoms with Crippen molar-refractivity contribution in [3.63, 3.8) is 0 Å². The fraction of sp³-hybridized carbons (Fsp3) is 0.136. The van der Waals surface area contributed by atoms with Gasteiger partial charge in [0.25, 0.3) is 5.56 Å². The lowest BCUT2D eigenvalue weighted by Gasteiger charge is -2.12. The summed E-state index contributed by atoms with van der Waals surface area (Å²) in [6.07, 6.45) is 0. The Hall–Kier alpha value is -3.94. The average Bonchev–Trinajstić information content (AvgIpc) is 3.10. The minimum Gasteiger partial charge on any atom is -0.494 e. The standard InChI is InChI=1S/C22H20FN5O2/c1-24-22-20(21(26-27(22)2)14-8-10-15(23)11-9-14)16-12-13-19(29)28(25-16)17-6-4-5-7-18(17)30-3/h4-13,24H,1-3H3. The largest absolute Gasteiger partial charge is 0.494 e.